The van der Waals surface area contributed by atoms with Gasteiger partial charge >= 0.3 is 5.97 Å². The SMILES string of the molecule is CC(OC(=O)CSc1ccccc1Cl)C(=O)NC(C)(C#N)C(C)C. The van der Waals surface area contributed by atoms with E-state index in [0.717, 1.165) is 4.90 Å². The third-order valence-corrected chi connectivity index (χ3v) is 5.12. The molecular formula is C17H21ClN2O3S. The van der Waals surface area contributed by atoms with E-state index in [1.807, 2.05) is 19.9 Å². The molecule has 24 heavy (non-hydrogen) atoms. The summed E-state index contributed by atoms with van der Waals surface area (Å²) in [4.78, 5) is 24.8. The standard InChI is InChI=1S/C17H21ClN2O3S/c1-11(2)17(4,10-19)20-16(22)12(3)23-15(21)9-24-14-8-6-5-7-13(14)18/h5-8,11-12H,9H2,1-4H3,(H,20,22). The van der Waals surface area contributed by atoms with Gasteiger partial charge < -0.3 is 10.1 Å². The van der Waals surface area contributed by atoms with Gasteiger partial charge in [0.1, 0.15) is 5.54 Å². The number of rotatable bonds is 7. The number of esters is 1. The summed E-state index contributed by atoms with van der Waals surface area (Å²) in [5.41, 5.74) is -1.01. The minimum atomic E-state index is -1.01. The number of thioether (sulfide) groups is 1. The van der Waals surface area contributed by atoms with Gasteiger partial charge in [-0.3, -0.25) is 9.59 Å². The van der Waals surface area contributed by atoms with Gasteiger partial charge in [-0.05, 0) is 31.9 Å². The van der Waals surface area contributed by atoms with Crippen molar-refractivity contribution in [3.8, 4) is 6.07 Å². The molecule has 0 aliphatic heterocycles. The van der Waals surface area contributed by atoms with Gasteiger partial charge in [-0.1, -0.05) is 37.6 Å². The molecule has 1 rings (SSSR count). The summed E-state index contributed by atoms with van der Waals surface area (Å²) in [7, 11) is 0. The summed E-state index contributed by atoms with van der Waals surface area (Å²) >= 11 is 7.26. The first-order chi connectivity index (χ1) is 11.2. The highest BCUT2D eigenvalue weighted by Gasteiger charge is 2.32. The van der Waals surface area contributed by atoms with Crippen LogP contribution >= 0.6 is 23.4 Å². The highest BCUT2D eigenvalue weighted by molar-refractivity contribution is 8.00. The van der Waals surface area contributed by atoms with E-state index >= 15 is 0 Å². The lowest BCUT2D eigenvalue weighted by Crippen LogP contribution is -2.52. The molecule has 1 aromatic carbocycles. The lowest BCUT2D eigenvalue weighted by molar-refractivity contribution is -0.152. The Kier molecular flexibility index (Phi) is 7.59. The van der Waals surface area contributed by atoms with Crippen LogP contribution in [0.1, 0.15) is 27.7 Å². The highest BCUT2D eigenvalue weighted by Crippen LogP contribution is 2.26. The predicted molar refractivity (Wildman–Crippen MR) is 94.7 cm³/mol. The van der Waals surface area contributed by atoms with E-state index < -0.39 is 23.5 Å². The third kappa shape index (κ3) is 5.73. The maximum Gasteiger partial charge on any atom is 0.317 e. The molecule has 2 unspecified atom stereocenters. The number of halogens is 1. The Hall–Kier alpha value is -1.71. The Labute approximate surface area is 151 Å². The number of carbonyl (C=O) groups excluding carboxylic acids is 2. The van der Waals surface area contributed by atoms with E-state index in [9.17, 15) is 14.9 Å². The number of ether oxygens (including phenoxy) is 1. The Balaban J connectivity index is 2.53. The molecule has 0 aromatic heterocycles. The Bertz CT molecular complexity index is 645. The zero-order valence-corrected chi connectivity index (χ0v) is 15.7. The first-order valence-corrected chi connectivity index (χ1v) is 8.86. The molecule has 0 saturated heterocycles. The molecule has 0 aliphatic rings. The van der Waals surface area contributed by atoms with Gasteiger partial charge in [0.15, 0.2) is 6.10 Å². The first kappa shape index (κ1) is 20.3. The second kappa shape index (κ2) is 8.95. The number of hydrogen-bond acceptors (Lipinski definition) is 5. The number of benzene rings is 1. The molecule has 1 N–H and O–H groups in total. The molecular weight excluding hydrogens is 348 g/mol. The van der Waals surface area contributed by atoms with Crippen molar-refractivity contribution in [3.05, 3.63) is 29.3 Å². The fourth-order valence-electron chi connectivity index (χ4n) is 1.64. The average Bonchev–Trinajstić information content (AvgIpc) is 2.53. The molecule has 5 nitrogen and oxygen atoms in total. The summed E-state index contributed by atoms with van der Waals surface area (Å²) < 4.78 is 5.12. The largest absolute Gasteiger partial charge is 0.452 e. The van der Waals surface area contributed by atoms with Crippen LogP contribution in [0.15, 0.2) is 29.2 Å². The minimum Gasteiger partial charge on any atom is -0.452 e. The monoisotopic (exact) mass is 368 g/mol. The summed E-state index contributed by atoms with van der Waals surface area (Å²) in [6.45, 7) is 6.78. The molecule has 0 bridgehead atoms. The predicted octanol–water partition coefficient (Wildman–Crippen LogP) is 3.42. The van der Waals surface area contributed by atoms with E-state index in [4.69, 9.17) is 16.3 Å². The van der Waals surface area contributed by atoms with Gasteiger partial charge in [-0.2, -0.15) is 5.26 Å². The lowest BCUT2D eigenvalue weighted by Gasteiger charge is -2.28. The number of hydrogen-bond donors (Lipinski definition) is 1. The fourth-order valence-corrected chi connectivity index (χ4v) is 2.66. The van der Waals surface area contributed by atoms with Gasteiger partial charge in [-0.25, -0.2) is 0 Å². The van der Waals surface area contributed by atoms with Crippen LogP contribution < -0.4 is 5.32 Å². The van der Waals surface area contributed by atoms with Crippen LogP contribution in [0.5, 0.6) is 0 Å². The minimum absolute atomic E-state index is 0.0427. The molecule has 0 aliphatic carbocycles. The Morgan fingerprint density at radius 1 is 1.38 bits per heavy atom. The van der Waals surface area contributed by atoms with Crippen molar-refractivity contribution >= 4 is 35.2 Å². The van der Waals surface area contributed by atoms with Crippen molar-refractivity contribution in [2.45, 2.75) is 44.2 Å². The van der Waals surface area contributed by atoms with Crippen molar-refractivity contribution < 1.29 is 14.3 Å². The van der Waals surface area contributed by atoms with E-state index in [1.165, 1.54) is 18.7 Å². The number of nitrogens with one attached hydrogen (secondary N) is 1. The van der Waals surface area contributed by atoms with E-state index in [0.29, 0.717) is 5.02 Å². The van der Waals surface area contributed by atoms with E-state index in [1.54, 1.807) is 25.1 Å². The second-order valence-corrected chi connectivity index (χ2v) is 7.23. The van der Waals surface area contributed by atoms with Gasteiger partial charge in [0.2, 0.25) is 0 Å². The molecule has 0 saturated carbocycles. The zero-order valence-electron chi connectivity index (χ0n) is 14.1. The molecule has 1 amide bonds. The quantitative estimate of drug-likeness (QED) is 0.589. The van der Waals surface area contributed by atoms with Crippen LogP contribution in [0, 0.1) is 17.2 Å². The maximum absolute atomic E-state index is 12.1. The van der Waals surface area contributed by atoms with Crippen LogP contribution in [0.4, 0.5) is 0 Å². The van der Waals surface area contributed by atoms with Crippen molar-refractivity contribution in [2.75, 3.05) is 5.75 Å². The normalized spacial score (nSPS) is 14.4. The van der Waals surface area contributed by atoms with Gasteiger partial charge in [0, 0.05) is 4.90 Å². The number of nitrogens with zero attached hydrogens (tertiary/aromatic N) is 1. The van der Waals surface area contributed by atoms with Crippen LogP contribution in [-0.2, 0) is 14.3 Å². The van der Waals surface area contributed by atoms with Crippen LogP contribution in [0.2, 0.25) is 5.02 Å². The van der Waals surface area contributed by atoms with Crippen molar-refractivity contribution in [1.29, 1.82) is 5.26 Å². The third-order valence-electron chi connectivity index (χ3n) is 3.63. The molecule has 0 radical (unpaired) electrons. The van der Waals surface area contributed by atoms with Gasteiger partial charge in [-0.15, -0.1) is 11.8 Å². The average molecular weight is 369 g/mol. The van der Waals surface area contributed by atoms with Crippen molar-refractivity contribution in [1.82, 2.24) is 5.32 Å². The number of carbonyl (C=O) groups is 2. The maximum atomic E-state index is 12.1. The fraction of sp³-hybridized carbons (Fsp3) is 0.471. The van der Waals surface area contributed by atoms with Crippen LogP contribution in [0.3, 0.4) is 0 Å². The highest BCUT2D eigenvalue weighted by atomic mass is 35.5. The smallest absolute Gasteiger partial charge is 0.317 e. The van der Waals surface area contributed by atoms with Crippen LogP contribution in [0.25, 0.3) is 0 Å². The zero-order chi connectivity index (χ0) is 18.3. The number of nitriles is 1. The summed E-state index contributed by atoms with van der Waals surface area (Å²) in [6, 6.07) is 9.24. The summed E-state index contributed by atoms with van der Waals surface area (Å²) in [5.74, 6) is -1.05. The summed E-state index contributed by atoms with van der Waals surface area (Å²) in [6.07, 6.45) is -0.976. The molecule has 7 heteroatoms. The first-order valence-electron chi connectivity index (χ1n) is 7.49. The van der Waals surface area contributed by atoms with Crippen LogP contribution in [-0.4, -0.2) is 29.3 Å². The summed E-state index contributed by atoms with van der Waals surface area (Å²) in [5, 5.41) is 12.4. The van der Waals surface area contributed by atoms with E-state index in [2.05, 4.69) is 11.4 Å². The molecule has 0 fully saturated rings. The van der Waals surface area contributed by atoms with Gasteiger partial charge in [0.25, 0.3) is 5.91 Å². The Morgan fingerprint density at radius 2 is 2.00 bits per heavy atom. The molecule has 1 aromatic rings. The second-order valence-electron chi connectivity index (χ2n) is 5.81. The lowest BCUT2D eigenvalue weighted by atomic mass is 9.90. The van der Waals surface area contributed by atoms with Crippen molar-refractivity contribution in [3.63, 3.8) is 0 Å². The van der Waals surface area contributed by atoms with Crippen molar-refractivity contribution in [2.24, 2.45) is 5.92 Å². The Morgan fingerprint density at radius 3 is 2.54 bits per heavy atom. The topological polar surface area (TPSA) is 79.2 Å². The van der Waals surface area contributed by atoms with Gasteiger partial charge in [0.05, 0.1) is 16.8 Å². The van der Waals surface area contributed by atoms with E-state index in [-0.39, 0.29) is 11.7 Å². The molecule has 0 heterocycles. The molecule has 130 valence electrons. The molecule has 0 spiro atoms. The molecule has 2 atom stereocenters. The number of amides is 1.